The number of hydrogen-bond acceptors (Lipinski definition) is 3. The van der Waals surface area contributed by atoms with Crippen molar-refractivity contribution in [3.05, 3.63) is 71.4 Å². The molecule has 0 spiro atoms. The average molecular weight is 423 g/mol. The Morgan fingerprint density at radius 3 is 2.53 bits per heavy atom. The van der Waals surface area contributed by atoms with E-state index in [1.54, 1.807) is 16.8 Å². The fraction of sp³-hybridized carbons (Fsp3) is 0.261. The minimum absolute atomic E-state index is 0.0514. The normalized spacial score (nSPS) is 13.7. The maximum Gasteiger partial charge on any atom is 0.242 e. The van der Waals surface area contributed by atoms with Gasteiger partial charge in [0.15, 0.2) is 0 Å². The fourth-order valence-electron chi connectivity index (χ4n) is 3.59. The molecule has 7 heteroatoms. The summed E-state index contributed by atoms with van der Waals surface area (Å²) in [5.74, 6) is -0.0322. The lowest BCUT2D eigenvalue weighted by atomic mass is 10.1. The predicted octanol–water partition coefficient (Wildman–Crippen LogP) is 3.77. The van der Waals surface area contributed by atoms with Crippen molar-refractivity contribution in [2.75, 3.05) is 20.1 Å². The van der Waals surface area contributed by atoms with Gasteiger partial charge in [0.1, 0.15) is 0 Å². The minimum Gasteiger partial charge on any atom is -0.340 e. The van der Waals surface area contributed by atoms with Gasteiger partial charge >= 0.3 is 0 Å². The van der Waals surface area contributed by atoms with Gasteiger partial charge in [0.25, 0.3) is 0 Å². The molecule has 0 unspecified atom stereocenters. The molecular formula is C23H23ClN4O2. The molecule has 1 aromatic heterocycles. The monoisotopic (exact) mass is 422 g/mol. The molecule has 1 aliphatic heterocycles. The Morgan fingerprint density at radius 2 is 1.87 bits per heavy atom. The highest BCUT2D eigenvalue weighted by Gasteiger charge is 2.24. The third kappa shape index (κ3) is 4.39. The summed E-state index contributed by atoms with van der Waals surface area (Å²) in [6.45, 7) is 1.17. The molecule has 154 valence electrons. The summed E-state index contributed by atoms with van der Waals surface area (Å²) in [7, 11) is 1.76. The highest BCUT2D eigenvalue weighted by atomic mass is 35.5. The maximum atomic E-state index is 12.7. The van der Waals surface area contributed by atoms with Crippen LogP contribution in [0.15, 0.2) is 60.8 Å². The van der Waals surface area contributed by atoms with Gasteiger partial charge in [-0.3, -0.25) is 9.59 Å². The number of aromatic nitrogens is 2. The molecule has 0 aliphatic carbocycles. The summed E-state index contributed by atoms with van der Waals surface area (Å²) in [5, 5.41) is 5.44. The first-order valence-electron chi connectivity index (χ1n) is 9.93. The zero-order valence-corrected chi connectivity index (χ0v) is 17.5. The molecular weight excluding hydrogens is 400 g/mol. The van der Waals surface area contributed by atoms with E-state index in [2.05, 4.69) is 0 Å². The second kappa shape index (κ2) is 8.71. The lowest BCUT2D eigenvalue weighted by Gasteiger charge is -2.21. The van der Waals surface area contributed by atoms with Gasteiger partial charge in [-0.2, -0.15) is 5.10 Å². The molecule has 0 radical (unpaired) electrons. The Hall–Kier alpha value is -3.12. The summed E-state index contributed by atoms with van der Waals surface area (Å²) in [6, 6.07) is 17.4. The van der Waals surface area contributed by atoms with Crippen molar-refractivity contribution in [1.82, 2.24) is 19.6 Å². The Bertz CT molecular complexity index is 1050. The van der Waals surface area contributed by atoms with Gasteiger partial charge in [-0.25, -0.2) is 4.68 Å². The van der Waals surface area contributed by atoms with Gasteiger partial charge < -0.3 is 9.80 Å². The number of benzene rings is 2. The highest BCUT2D eigenvalue weighted by molar-refractivity contribution is 6.30. The summed E-state index contributed by atoms with van der Waals surface area (Å²) in [5.41, 5.74) is 3.59. The number of likely N-dealkylation sites (tertiary alicyclic amines) is 1. The Labute approximate surface area is 180 Å². The number of carbonyl (C=O) groups is 2. The van der Waals surface area contributed by atoms with Crippen LogP contribution in [0.25, 0.3) is 16.9 Å². The SMILES string of the molecule is CN(Cc1cn(-c2ccccc2)nc1-c1ccc(Cl)cc1)C(=O)CN1CCCC1=O. The Morgan fingerprint density at radius 1 is 1.13 bits per heavy atom. The second-order valence-electron chi connectivity index (χ2n) is 7.46. The number of carbonyl (C=O) groups excluding carboxylic acids is 2. The topological polar surface area (TPSA) is 58.4 Å². The molecule has 0 N–H and O–H groups in total. The van der Waals surface area contributed by atoms with Crippen LogP contribution in [0.5, 0.6) is 0 Å². The molecule has 1 aliphatic rings. The third-order valence-corrected chi connectivity index (χ3v) is 5.51. The first-order chi connectivity index (χ1) is 14.5. The first-order valence-corrected chi connectivity index (χ1v) is 10.3. The van der Waals surface area contributed by atoms with Crippen LogP contribution in [0.2, 0.25) is 5.02 Å². The molecule has 4 rings (SSSR count). The molecule has 1 saturated heterocycles. The number of rotatable bonds is 6. The zero-order chi connectivity index (χ0) is 21.1. The molecule has 30 heavy (non-hydrogen) atoms. The molecule has 1 fully saturated rings. The van der Waals surface area contributed by atoms with Gasteiger partial charge in [0.05, 0.1) is 17.9 Å². The Balaban J connectivity index is 1.60. The van der Waals surface area contributed by atoms with Gasteiger partial charge in [-0.15, -0.1) is 0 Å². The summed E-state index contributed by atoms with van der Waals surface area (Å²) in [6.07, 6.45) is 3.30. The first kappa shape index (κ1) is 20.2. The van der Waals surface area contributed by atoms with E-state index in [1.807, 2.05) is 65.5 Å². The second-order valence-corrected chi connectivity index (χ2v) is 7.90. The van der Waals surface area contributed by atoms with Crippen LogP contribution in [0.1, 0.15) is 18.4 Å². The van der Waals surface area contributed by atoms with Crippen LogP contribution in [-0.2, 0) is 16.1 Å². The van der Waals surface area contributed by atoms with Crippen LogP contribution < -0.4 is 0 Å². The van der Waals surface area contributed by atoms with Crippen molar-refractivity contribution in [2.24, 2.45) is 0 Å². The number of nitrogens with zero attached hydrogens (tertiary/aromatic N) is 4. The van der Waals surface area contributed by atoms with Gasteiger partial charge in [0.2, 0.25) is 11.8 Å². The quantitative estimate of drug-likeness (QED) is 0.607. The number of hydrogen-bond donors (Lipinski definition) is 0. The van der Waals surface area contributed by atoms with Gasteiger partial charge in [0, 0.05) is 48.9 Å². The van der Waals surface area contributed by atoms with E-state index in [0.29, 0.717) is 24.5 Å². The smallest absolute Gasteiger partial charge is 0.242 e. The summed E-state index contributed by atoms with van der Waals surface area (Å²) < 4.78 is 1.82. The van der Waals surface area contributed by atoms with Crippen LogP contribution in [0.3, 0.4) is 0 Å². The largest absolute Gasteiger partial charge is 0.340 e. The van der Waals surface area contributed by atoms with E-state index in [1.165, 1.54) is 0 Å². The van der Waals surface area contributed by atoms with Gasteiger partial charge in [-0.1, -0.05) is 41.9 Å². The van der Waals surface area contributed by atoms with Crippen molar-refractivity contribution in [1.29, 1.82) is 0 Å². The zero-order valence-electron chi connectivity index (χ0n) is 16.8. The van der Waals surface area contributed by atoms with E-state index in [9.17, 15) is 9.59 Å². The molecule has 2 aromatic carbocycles. The number of amides is 2. The van der Waals surface area contributed by atoms with Gasteiger partial charge in [-0.05, 0) is 30.7 Å². The van der Waals surface area contributed by atoms with Crippen molar-refractivity contribution in [3.63, 3.8) is 0 Å². The number of para-hydroxylation sites is 1. The molecule has 2 heterocycles. The van der Waals surface area contributed by atoms with E-state index >= 15 is 0 Å². The number of likely N-dealkylation sites (N-methyl/N-ethyl adjacent to an activating group) is 1. The van der Waals surface area contributed by atoms with E-state index in [-0.39, 0.29) is 18.4 Å². The molecule has 6 nitrogen and oxygen atoms in total. The van der Waals surface area contributed by atoms with Crippen LogP contribution >= 0.6 is 11.6 Å². The number of halogens is 1. The molecule has 3 aromatic rings. The maximum absolute atomic E-state index is 12.7. The summed E-state index contributed by atoms with van der Waals surface area (Å²) in [4.78, 5) is 27.8. The minimum atomic E-state index is -0.0835. The van der Waals surface area contributed by atoms with E-state index in [4.69, 9.17) is 16.7 Å². The van der Waals surface area contributed by atoms with Crippen LogP contribution in [-0.4, -0.2) is 51.5 Å². The highest BCUT2D eigenvalue weighted by Crippen LogP contribution is 2.26. The third-order valence-electron chi connectivity index (χ3n) is 5.26. The lowest BCUT2D eigenvalue weighted by molar-refractivity contribution is -0.137. The fourth-order valence-corrected chi connectivity index (χ4v) is 3.71. The average Bonchev–Trinajstić information content (AvgIpc) is 3.35. The standard InChI is InChI=1S/C23H23ClN4O2/c1-26(22(30)16-27-13-5-8-21(27)29)14-18-15-28(20-6-3-2-4-7-20)25-23(18)17-9-11-19(24)12-10-17/h2-4,6-7,9-12,15H,5,8,13-14,16H2,1H3. The van der Waals surface area contributed by atoms with Crippen LogP contribution in [0.4, 0.5) is 0 Å². The van der Waals surface area contributed by atoms with Crippen LogP contribution in [0, 0.1) is 0 Å². The van der Waals surface area contributed by atoms with E-state index in [0.717, 1.165) is 28.9 Å². The Kier molecular flexibility index (Phi) is 5.86. The van der Waals surface area contributed by atoms with E-state index < -0.39 is 0 Å². The van der Waals surface area contributed by atoms with Crippen molar-refractivity contribution >= 4 is 23.4 Å². The molecule has 0 atom stereocenters. The molecule has 2 amide bonds. The predicted molar refractivity (Wildman–Crippen MR) is 116 cm³/mol. The molecule has 0 bridgehead atoms. The van der Waals surface area contributed by atoms with Crippen molar-refractivity contribution in [2.45, 2.75) is 19.4 Å². The lowest BCUT2D eigenvalue weighted by Crippen LogP contribution is -2.38. The summed E-state index contributed by atoms with van der Waals surface area (Å²) >= 11 is 6.05. The molecule has 0 saturated carbocycles. The van der Waals surface area contributed by atoms with Crippen molar-refractivity contribution < 1.29 is 9.59 Å². The van der Waals surface area contributed by atoms with Crippen molar-refractivity contribution in [3.8, 4) is 16.9 Å².